The van der Waals surface area contributed by atoms with E-state index in [1.807, 2.05) is 42.5 Å². The fourth-order valence-corrected chi connectivity index (χ4v) is 2.70. The first kappa shape index (κ1) is 17.5. The molecule has 1 unspecified atom stereocenters. The van der Waals surface area contributed by atoms with Crippen LogP contribution in [-0.4, -0.2) is 25.1 Å². The van der Waals surface area contributed by atoms with Gasteiger partial charge in [-0.1, -0.05) is 36.4 Å². The molecule has 0 aliphatic heterocycles. The zero-order valence-corrected chi connectivity index (χ0v) is 14.7. The number of hydrogen-bond acceptors (Lipinski definition) is 4. The maximum absolute atomic E-state index is 12.9. The highest BCUT2D eigenvalue weighted by Gasteiger charge is 2.19. The molecule has 1 atom stereocenters. The van der Waals surface area contributed by atoms with Crippen LogP contribution in [0.4, 0.5) is 0 Å². The van der Waals surface area contributed by atoms with E-state index in [0.717, 1.165) is 11.1 Å². The van der Waals surface area contributed by atoms with Crippen LogP contribution in [0.25, 0.3) is 0 Å². The number of methoxy groups -OCH3 is 2. The SMILES string of the molecule is COc1cc(OC)cc(C(=O)NC(c2ccccc2)c2cccnc2)c1. The van der Waals surface area contributed by atoms with Crippen LogP contribution in [0.15, 0.2) is 73.1 Å². The number of nitrogens with one attached hydrogen (secondary N) is 1. The predicted octanol–water partition coefficient (Wildman–Crippen LogP) is 3.62. The molecule has 1 N–H and O–H groups in total. The zero-order chi connectivity index (χ0) is 18.4. The summed E-state index contributed by atoms with van der Waals surface area (Å²) in [4.78, 5) is 17.1. The molecule has 1 amide bonds. The fraction of sp³-hybridized carbons (Fsp3) is 0.143. The summed E-state index contributed by atoms with van der Waals surface area (Å²) in [6.07, 6.45) is 3.46. The van der Waals surface area contributed by atoms with Crippen LogP contribution < -0.4 is 14.8 Å². The van der Waals surface area contributed by atoms with E-state index in [0.29, 0.717) is 17.1 Å². The van der Waals surface area contributed by atoms with Crippen molar-refractivity contribution in [3.63, 3.8) is 0 Å². The van der Waals surface area contributed by atoms with Crippen molar-refractivity contribution in [1.82, 2.24) is 10.3 Å². The molecule has 26 heavy (non-hydrogen) atoms. The van der Waals surface area contributed by atoms with E-state index in [1.165, 1.54) is 0 Å². The van der Waals surface area contributed by atoms with Crippen molar-refractivity contribution >= 4 is 5.91 Å². The minimum atomic E-state index is -0.311. The minimum absolute atomic E-state index is 0.222. The van der Waals surface area contributed by atoms with Gasteiger partial charge in [-0.25, -0.2) is 0 Å². The van der Waals surface area contributed by atoms with E-state index in [1.54, 1.807) is 44.8 Å². The Bertz CT molecular complexity index is 805. The number of carbonyl (C=O) groups excluding carboxylic acids is 1. The molecule has 1 heterocycles. The maximum atomic E-state index is 12.9. The molecule has 5 heteroatoms. The van der Waals surface area contributed by atoms with Crippen molar-refractivity contribution in [3.8, 4) is 11.5 Å². The highest BCUT2D eigenvalue weighted by atomic mass is 16.5. The van der Waals surface area contributed by atoms with Crippen molar-refractivity contribution in [2.75, 3.05) is 14.2 Å². The van der Waals surface area contributed by atoms with Gasteiger partial charge in [0.15, 0.2) is 0 Å². The van der Waals surface area contributed by atoms with Crippen molar-refractivity contribution < 1.29 is 14.3 Å². The van der Waals surface area contributed by atoms with Crippen LogP contribution >= 0.6 is 0 Å². The van der Waals surface area contributed by atoms with Gasteiger partial charge in [0.05, 0.1) is 20.3 Å². The lowest BCUT2D eigenvalue weighted by Gasteiger charge is -2.20. The first-order chi connectivity index (χ1) is 12.7. The van der Waals surface area contributed by atoms with Crippen molar-refractivity contribution in [1.29, 1.82) is 0 Å². The Morgan fingerprint density at radius 1 is 0.923 bits per heavy atom. The number of hydrogen-bond donors (Lipinski definition) is 1. The van der Waals surface area contributed by atoms with Gasteiger partial charge in [-0.3, -0.25) is 9.78 Å². The topological polar surface area (TPSA) is 60.5 Å². The third-order valence-corrected chi connectivity index (χ3v) is 4.04. The smallest absolute Gasteiger partial charge is 0.252 e. The van der Waals surface area contributed by atoms with Crippen LogP contribution in [0.3, 0.4) is 0 Å². The fourth-order valence-electron chi connectivity index (χ4n) is 2.70. The Kier molecular flexibility index (Phi) is 5.49. The molecule has 5 nitrogen and oxygen atoms in total. The van der Waals surface area contributed by atoms with Gasteiger partial charge < -0.3 is 14.8 Å². The molecule has 0 bridgehead atoms. The van der Waals surface area contributed by atoms with Gasteiger partial charge in [0, 0.05) is 24.0 Å². The van der Waals surface area contributed by atoms with E-state index in [2.05, 4.69) is 10.3 Å². The van der Waals surface area contributed by atoms with Gasteiger partial charge in [-0.2, -0.15) is 0 Å². The average Bonchev–Trinajstić information content (AvgIpc) is 2.72. The Morgan fingerprint density at radius 2 is 1.58 bits per heavy atom. The Hall–Kier alpha value is -3.34. The van der Waals surface area contributed by atoms with E-state index in [4.69, 9.17) is 9.47 Å². The first-order valence-electron chi connectivity index (χ1n) is 8.20. The minimum Gasteiger partial charge on any atom is -0.497 e. The second kappa shape index (κ2) is 8.16. The van der Waals surface area contributed by atoms with E-state index in [-0.39, 0.29) is 11.9 Å². The van der Waals surface area contributed by atoms with Crippen LogP contribution in [0.1, 0.15) is 27.5 Å². The maximum Gasteiger partial charge on any atom is 0.252 e. The first-order valence-corrected chi connectivity index (χ1v) is 8.20. The molecule has 0 aliphatic rings. The van der Waals surface area contributed by atoms with Crippen molar-refractivity contribution in [2.45, 2.75) is 6.04 Å². The third-order valence-electron chi connectivity index (χ3n) is 4.04. The second-order valence-electron chi connectivity index (χ2n) is 5.70. The quantitative estimate of drug-likeness (QED) is 0.739. The molecule has 0 saturated carbocycles. The highest BCUT2D eigenvalue weighted by Crippen LogP contribution is 2.25. The molecular formula is C21H20N2O3. The van der Waals surface area contributed by atoms with Crippen molar-refractivity contribution in [3.05, 3.63) is 89.7 Å². The Labute approximate surface area is 152 Å². The number of nitrogens with zero attached hydrogens (tertiary/aromatic N) is 1. The van der Waals surface area contributed by atoms with E-state index >= 15 is 0 Å². The number of aromatic nitrogens is 1. The Balaban J connectivity index is 1.93. The standard InChI is InChI=1S/C21H20N2O3/c1-25-18-11-17(12-19(13-18)26-2)21(24)23-20(15-7-4-3-5-8-15)16-9-6-10-22-14-16/h3-14,20H,1-2H3,(H,23,24). The summed E-state index contributed by atoms with van der Waals surface area (Å²) in [5.74, 6) is 0.902. The molecule has 132 valence electrons. The summed E-state index contributed by atoms with van der Waals surface area (Å²) < 4.78 is 10.5. The number of rotatable bonds is 6. The van der Waals surface area contributed by atoms with Gasteiger partial charge in [0.25, 0.3) is 5.91 Å². The lowest BCUT2D eigenvalue weighted by Crippen LogP contribution is -2.29. The summed E-state index contributed by atoms with van der Waals surface area (Å²) in [5, 5.41) is 3.08. The van der Waals surface area contributed by atoms with Crippen LogP contribution in [0.5, 0.6) is 11.5 Å². The highest BCUT2D eigenvalue weighted by molar-refractivity contribution is 5.95. The number of carbonyl (C=O) groups is 1. The molecule has 1 aromatic heterocycles. The van der Waals surface area contributed by atoms with Gasteiger partial charge in [-0.15, -0.1) is 0 Å². The van der Waals surface area contributed by atoms with E-state index < -0.39 is 0 Å². The van der Waals surface area contributed by atoms with Crippen LogP contribution in [0.2, 0.25) is 0 Å². The molecule has 0 fully saturated rings. The largest absolute Gasteiger partial charge is 0.497 e. The molecule has 0 radical (unpaired) electrons. The molecule has 3 rings (SSSR count). The van der Waals surface area contributed by atoms with Gasteiger partial charge >= 0.3 is 0 Å². The molecule has 3 aromatic rings. The van der Waals surface area contributed by atoms with Crippen LogP contribution in [0, 0.1) is 0 Å². The molecule has 0 spiro atoms. The summed E-state index contributed by atoms with van der Waals surface area (Å²) in [6.45, 7) is 0. The molecule has 2 aromatic carbocycles. The third kappa shape index (κ3) is 4.00. The lowest BCUT2D eigenvalue weighted by atomic mass is 9.99. The van der Waals surface area contributed by atoms with Crippen LogP contribution in [-0.2, 0) is 0 Å². The molecule has 0 aliphatic carbocycles. The van der Waals surface area contributed by atoms with Crippen molar-refractivity contribution in [2.24, 2.45) is 0 Å². The van der Waals surface area contributed by atoms with Gasteiger partial charge in [-0.05, 0) is 29.3 Å². The zero-order valence-electron chi connectivity index (χ0n) is 14.7. The number of ether oxygens (including phenoxy) is 2. The normalized spacial score (nSPS) is 11.5. The lowest BCUT2D eigenvalue weighted by molar-refractivity contribution is 0.0942. The van der Waals surface area contributed by atoms with Gasteiger partial charge in [0.2, 0.25) is 0 Å². The summed E-state index contributed by atoms with van der Waals surface area (Å²) >= 11 is 0. The summed E-state index contributed by atoms with van der Waals surface area (Å²) in [5.41, 5.74) is 2.34. The predicted molar refractivity (Wildman–Crippen MR) is 99.5 cm³/mol. The molecular weight excluding hydrogens is 328 g/mol. The summed E-state index contributed by atoms with van der Waals surface area (Å²) in [6, 6.07) is 18.4. The second-order valence-corrected chi connectivity index (χ2v) is 5.70. The summed E-state index contributed by atoms with van der Waals surface area (Å²) in [7, 11) is 3.11. The van der Waals surface area contributed by atoms with Gasteiger partial charge in [0.1, 0.15) is 11.5 Å². The number of pyridine rings is 1. The average molecular weight is 348 g/mol. The number of benzene rings is 2. The number of amides is 1. The molecule has 0 saturated heterocycles. The monoisotopic (exact) mass is 348 g/mol. The Morgan fingerprint density at radius 3 is 2.15 bits per heavy atom. The van der Waals surface area contributed by atoms with E-state index in [9.17, 15) is 4.79 Å².